The minimum Gasteiger partial charge on any atom is -0.388 e. The Balaban J connectivity index is 1.72. The van der Waals surface area contributed by atoms with Gasteiger partial charge in [-0.1, -0.05) is 48.5 Å². The van der Waals surface area contributed by atoms with Crippen LogP contribution in [-0.2, 0) is 11.2 Å². The van der Waals surface area contributed by atoms with Gasteiger partial charge in [-0.05, 0) is 24.5 Å². The fourth-order valence-corrected chi connectivity index (χ4v) is 2.83. The van der Waals surface area contributed by atoms with Gasteiger partial charge in [-0.25, -0.2) is 0 Å². The predicted molar refractivity (Wildman–Crippen MR) is 83.1 cm³/mol. The molecule has 1 N–H and O–H groups in total. The summed E-state index contributed by atoms with van der Waals surface area (Å²) in [5, 5.41) is 10.0. The highest BCUT2D eigenvalue weighted by atomic mass is 16.3. The molecule has 1 atom stereocenters. The van der Waals surface area contributed by atoms with Crippen molar-refractivity contribution in [1.82, 2.24) is 0 Å². The summed E-state index contributed by atoms with van der Waals surface area (Å²) >= 11 is 0. The first-order valence-corrected chi connectivity index (χ1v) is 7.37. The number of hydrogen-bond donors (Lipinski definition) is 1. The van der Waals surface area contributed by atoms with Gasteiger partial charge in [0.15, 0.2) is 0 Å². The Bertz CT molecular complexity index is 624. The number of benzene rings is 2. The SMILES string of the molecule is O=C(CCc1ccccc1)N1CCC(O)c2ccccc21. The molecule has 0 saturated heterocycles. The summed E-state index contributed by atoms with van der Waals surface area (Å²) in [7, 11) is 0. The van der Waals surface area contributed by atoms with E-state index in [4.69, 9.17) is 0 Å². The lowest BCUT2D eigenvalue weighted by Gasteiger charge is -2.32. The molecule has 0 radical (unpaired) electrons. The van der Waals surface area contributed by atoms with Crippen molar-refractivity contribution in [2.24, 2.45) is 0 Å². The maximum Gasteiger partial charge on any atom is 0.227 e. The second-order valence-electron chi connectivity index (χ2n) is 5.39. The Labute approximate surface area is 124 Å². The lowest BCUT2D eigenvalue weighted by atomic mass is 9.98. The molecule has 108 valence electrons. The molecule has 1 heterocycles. The molecule has 2 aromatic rings. The lowest BCUT2D eigenvalue weighted by Crippen LogP contribution is -2.36. The second kappa shape index (κ2) is 6.10. The van der Waals surface area contributed by atoms with Crippen LogP contribution in [0.15, 0.2) is 54.6 Å². The Morgan fingerprint density at radius 3 is 2.62 bits per heavy atom. The topological polar surface area (TPSA) is 40.5 Å². The van der Waals surface area contributed by atoms with Crippen LogP contribution < -0.4 is 4.90 Å². The van der Waals surface area contributed by atoms with Crippen molar-refractivity contribution in [3.63, 3.8) is 0 Å². The fraction of sp³-hybridized carbons (Fsp3) is 0.278. The van der Waals surface area contributed by atoms with E-state index in [-0.39, 0.29) is 5.91 Å². The lowest BCUT2D eigenvalue weighted by molar-refractivity contribution is -0.118. The van der Waals surface area contributed by atoms with E-state index in [1.807, 2.05) is 59.5 Å². The van der Waals surface area contributed by atoms with Crippen molar-refractivity contribution < 1.29 is 9.90 Å². The highest BCUT2D eigenvalue weighted by Crippen LogP contribution is 2.33. The Hall–Kier alpha value is -2.13. The van der Waals surface area contributed by atoms with Gasteiger partial charge in [0.1, 0.15) is 0 Å². The molecule has 1 unspecified atom stereocenters. The number of para-hydroxylation sites is 1. The molecule has 3 nitrogen and oxygen atoms in total. The van der Waals surface area contributed by atoms with Gasteiger partial charge in [0.25, 0.3) is 0 Å². The van der Waals surface area contributed by atoms with Crippen molar-refractivity contribution in [2.75, 3.05) is 11.4 Å². The minimum absolute atomic E-state index is 0.123. The van der Waals surface area contributed by atoms with Crippen molar-refractivity contribution in [3.8, 4) is 0 Å². The molecule has 1 aliphatic heterocycles. The average molecular weight is 281 g/mol. The number of anilines is 1. The molecule has 3 heteroatoms. The first-order valence-electron chi connectivity index (χ1n) is 7.37. The van der Waals surface area contributed by atoms with E-state index in [2.05, 4.69) is 0 Å². The van der Waals surface area contributed by atoms with E-state index in [9.17, 15) is 9.90 Å². The molecule has 0 aliphatic carbocycles. The molecule has 3 rings (SSSR count). The summed E-state index contributed by atoms with van der Waals surface area (Å²) in [6.07, 6.45) is 1.39. The number of carbonyl (C=O) groups excluding carboxylic acids is 1. The van der Waals surface area contributed by atoms with Gasteiger partial charge in [-0.15, -0.1) is 0 Å². The quantitative estimate of drug-likeness (QED) is 0.939. The Morgan fingerprint density at radius 2 is 1.81 bits per heavy atom. The van der Waals surface area contributed by atoms with Gasteiger partial charge >= 0.3 is 0 Å². The van der Waals surface area contributed by atoms with Gasteiger partial charge < -0.3 is 10.0 Å². The third-order valence-corrected chi connectivity index (χ3v) is 3.98. The molecular formula is C18H19NO2. The number of aliphatic hydroxyl groups excluding tert-OH is 1. The molecule has 21 heavy (non-hydrogen) atoms. The third-order valence-electron chi connectivity index (χ3n) is 3.98. The summed E-state index contributed by atoms with van der Waals surface area (Å²) in [6, 6.07) is 17.7. The first kappa shape index (κ1) is 13.8. The number of aryl methyl sites for hydroxylation is 1. The molecule has 0 bridgehead atoms. The maximum atomic E-state index is 12.5. The van der Waals surface area contributed by atoms with Crippen LogP contribution in [0.4, 0.5) is 5.69 Å². The zero-order valence-corrected chi connectivity index (χ0v) is 11.9. The van der Waals surface area contributed by atoms with E-state index in [1.165, 1.54) is 5.56 Å². The van der Waals surface area contributed by atoms with Crippen LogP contribution in [0.3, 0.4) is 0 Å². The number of fused-ring (bicyclic) bond motifs is 1. The summed E-state index contributed by atoms with van der Waals surface area (Å²) in [5.74, 6) is 0.123. The van der Waals surface area contributed by atoms with Crippen LogP contribution in [0.25, 0.3) is 0 Å². The van der Waals surface area contributed by atoms with Crippen LogP contribution in [0, 0.1) is 0 Å². The smallest absolute Gasteiger partial charge is 0.227 e. The van der Waals surface area contributed by atoms with E-state index in [0.717, 1.165) is 17.7 Å². The van der Waals surface area contributed by atoms with Crippen molar-refractivity contribution in [1.29, 1.82) is 0 Å². The molecule has 1 aliphatic rings. The number of aliphatic hydroxyl groups is 1. The molecule has 2 aromatic carbocycles. The molecule has 0 spiro atoms. The maximum absolute atomic E-state index is 12.5. The van der Waals surface area contributed by atoms with Gasteiger partial charge in [0.05, 0.1) is 6.10 Å². The van der Waals surface area contributed by atoms with E-state index >= 15 is 0 Å². The molecule has 1 amide bonds. The van der Waals surface area contributed by atoms with Crippen LogP contribution >= 0.6 is 0 Å². The van der Waals surface area contributed by atoms with Crippen LogP contribution in [0.5, 0.6) is 0 Å². The van der Waals surface area contributed by atoms with Crippen LogP contribution in [-0.4, -0.2) is 17.6 Å². The van der Waals surface area contributed by atoms with Crippen molar-refractivity contribution >= 4 is 11.6 Å². The van der Waals surface area contributed by atoms with Crippen molar-refractivity contribution in [2.45, 2.75) is 25.4 Å². The minimum atomic E-state index is -0.459. The van der Waals surface area contributed by atoms with E-state index in [1.54, 1.807) is 0 Å². The number of hydrogen-bond acceptors (Lipinski definition) is 2. The average Bonchev–Trinajstić information content (AvgIpc) is 2.54. The summed E-state index contributed by atoms with van der Waals surface area (Å²) in [4.78, 5) is 14.3. The standard InChI is InChI=1S/C18H19NO2/c20-17-12-13-19(16-9-5-4-8-15(16)17)18(21)11-10-14-6-2-1-3-7-14/h1-9,17,20H,10-13H2. The van der Waals surface area contributed by atoms with E-state index < -0.39 is 6.10 Å². The number of rotatable bonds is 3. The summed E-state index contributed by atoms with van der Waals surface area (Å²) < 4.78 is 0. The Morgan fingerprint density at radius 1 is 1.10 bits per heavy atom. The molecule has 0 aromatic heterocycles. The van der Waals surface area contributed by atoms with Crippen LogP contribution in [0.1, 0.15) is 30.1 Å². The zero-order chi connectivity index (χ0) is 14.7. The second-order valence-corrected chi connectivity index (χ2v) is 5.39. The van der Waals surface area contributed by atoms with Crippen LogP contribution in [0.2, 0.25) is 0 Å². The Kier molecular flexibility index (Phi) is 4.02. The summed E-state index contributed by atoms with van der Waals surface area (Å²) in [6.45, 7) is 0.589. The summed E-state index contributed by atoms with van der Waals surface area (Å²) in [5.41, 5.74) is 2.89. The van der Waals surface area contributed by atoms with Gasteiger partial charge in [0.2, 0.25) is 5.91 Å². The molecule has 0 saturated carbocycles. The predicted octanol–water partition coefficient (Wildman–Crippen LogP) is 3.09. The molecular weight excluding hydrogens is 262 g/mol. The number of nitrogens with zero attached hydrogens (tertiary/aromatic N) is 1. The first-order chi connectivity index (χ1) is 10.3. The monoisotopic (exact) mass is 281 g/mol. The zero-order valence-electron chi connectivity index (χ0n) is 11.9. The third kappa shape index (κ3) is 2.98. The van der Waals surface area contributed by atoms with Gasteiger partial charge in [-0.2, -0.15) is 0 Å². The van der Waals surface area contributed by atoms with Gasteiger partial charge in [-0.3, -0.25) is 4.79 Å². The van der Waals surface area contributed by atoms with E-state index in [0.29, 0.717) is 19.4 Å². The molecule has 0 fully saturated rings. The number of amides is 1. The van der Waals surface area contributed by atoms with Gasteiger partial charge in [0, 0.05) is 24.2 Å². The number of carbonyl (C=O) groups is 1. The van der Waals surface area contributed by atoms with Crippen molar-refractivity contribution in [3.05, 3.63) is 65.7 Å². The fourth-order valence-electron chi connectivity index (χ4n) is 2.83. The normalized spacial score (nSPS) is 17.4. The largest absolute Gasteiger partial charge is 0.388 e. The highest BCUT2D eigenvalue weighted by molar-refractivity contribution is 5.94. The highest BCUT2D eigenvalue weighted by Gasteiger charge is 2.26.